The summed E-state index contributed by atoms with van der Waals surface area (Å²) in [5.74, 6) is 0.274. The number of hydrogen-bond donors (Lipinski definition) is 1. The normalized spacial score (nSPS) is 19.4. The fourth-order valence-electron chi connectivity index (χ4n) is 2.30. The lowest BCUT2D eigenvalue weighted by Crippen LogP contribution is -2.48. The van der Waals surface area contributed by atoms with Crippen molar-refractivity contribution < 1.29 is 9.53 Å². The number of rotatable bonds is 3. The zero-order valence-electron chi connectivity index (χ0n) is 12.3. The number of carbonyl (C=O) groups excluding carboxylic acids is 1. The van der Waals surface area contributed by atoms with Crippen molar-refractivity contribution in [1.29, 1.82) is 0 Å². The molecule has 0 unspecified atom stereocenters. The Balaban J connectivity index is 2.27. The zero-order valence-corrected chi connectivity index (χ0v) is 12.3. The summed E-state index contributed by atoms with van der Waals surface area (Å²) in [4.78, 5) is 22.7. The summed E-state index contributed by atoms with van der Waals surface area (Å²) in [6.07, 6.45) is 0.864. The minimum Gasteiger partial charge on any atom is -0.377 e. The minimum absolute atomic E-state index is 0.0869. The van der Waals surface area contributed by atoms with Crippen LogP contribution in [0, 0.1) is 0 Å². The topological polar surface area (TPSA) is 81.3 Å². The molecule has 20 heavy (non-hydrogen) atoms. The van der Waals surface area contributed by atoms with E-state index < -0.39 is 0 Å². The van der Waals surface area contributed by atoms with Crippen LogP contribution in [0.5, 0.6) is 0 Å². The van der Waals surface area contributed by atoms with E-state index in [-0.39, 0.29) is 23.8 Å². The third-order valence-electron chi connectivity index (χ3n) is 3.53. The van der Waals surface area contributed by atoms with Crippen LogP contribution >= 0.6 is 0 Å². The number of carbonyl (C=O) groups is 1. The van der Waals surface area contributed by atoms with Gasteiger partial charge in [0.1, 0.15) is 5.69 Å². The summed E-state index contributed by atoms with van der Waals surface area (Å²) in [6, 6.07) is 1.85. The van der Waals surface area contributed by atoms with E-state index in [1.807, 2.05) is 25.7 Å². The molecular formula is C14H22N4O2. The molecule has 1 aliphatic rings. The highest BCUT2D eigenvalue weighted by atomic mass is 16.5. The Bertz CT molecular complexity index is 490. The van der Waals surface area contributed by atoms with Gasteiger partial charge in [-0.3, -0.25) is 4.79 Å². The van der Waals surface area contributed by atoms with Crippen LogP contribution in [0.15, 0.2) is 6.07 Å². The van der Waals surface area contributed by atoms with Gasteiger partial charge in [0.25, 0.3) is 5.91 Å². The largest absolute Gasteiger partial charge is 0.377 e. The summed E-state index contributed by atoms with van der Waals surface area (Å²) in [5.41, 5.74) is 6.88. The van der Waals surface area contributed by atoms with Gasteiger partial charge in [0.2, 0.25) is 5.95 Å². The molecule has 1 amide bonds. The second-order valence-corrected chi connectivity index (χ2v) is 5.33. The Morgan fingerprint density at radius 2 is 2.30 bits per heavy atom. The van der Waals surface area contributed by atoms with E-state index in [0.717, 1.165) is 12.1 Å². The predicted octanol–water partition coefficient (Wildman–Crippen LogP) is 1.43. The van der Waals surface area contributed by atoms with E-state index in [4.69, 9.17) is 10.5 Å². The second-order valence-electron chi connectivity index (χ2n) is 5.33. The second kappa shape index (κ2) is 6.17. The van der Waals surface area contributed by atoms with Gasteiger partial charge < -0.3 is 15.4 Å². The summed E-state index contributed by atoms with van der Waals surface area (Å²) in [6.45, 7) is 7.82. The molecule has 110 valence electrons. The first-order valence-electron chi connectivity index (χ1n) is 7.06. The molecule has 1 saturated heterocycles. The molecule has 6 nitrogen and oxygen atoms in total. The van der Waals surface area contributed by atoms with Gasteiger partial charge in [-0.1, -0.05) is 20.8 Å². The number of nitrogens with zero attached hydrogens (tertiary/aromatic N) is 3. The van der Waals surface area contributed by atoms with Crippen molar-refractivity contribution in [3.8, 4) is 0 Å². The maximum Gasteiger partial charge on any atom is 0.273 e. The summed E-state index contributed by atoms with van der Waals surface area (Å²) in [7, 11) is 0. The lowest BCUT2D eigenvalue weighted by molar-refractivity contribution is -0.00311. The van der Waals surface area contributed by atoms with Gasteiger partial charge >= 0.3 is 0 Å². The van der Waals surface area contributed by atoms with Crippen molar-refractivity contribution in [1.82, 2.24) is 14.9 Å². The quantitative estimate of drug-likeness (QED) is 0.904. The Kier molecular flexibility index (Phi) is 4.54. The number of morpholine rings is 1. The van der Waals surface area contributed by atoms with Crippen molar-refractivity contribution in [3.05, 3.63) is 17.5 Å². The van der Waals surface area contributed by atoms with Crippen molar-refractivity contribution >= 4 is 11.9 Å². The van der Waals surface area contributed by atoms with Crippen LogP contribution in [-0.2, 0) is 4.74 Å². The molecule has 1 aliphatic heterocycles. The molecule has 0 aliphatic carbocycles. The number of nitrogens with two attached hydrogens (primary N) is 1. The number of anilines is 1. The molecular weight excluding hydrogens is 256 g/mol. The van der Waals surface area contributed by atoms with E-state index in [1.54, 1.807) is 6.07 Å². The molecule has 1 atom stereocenters. The van der Waals surface area contributed by atoms with Crippen LogP contribution in [0.25, 0.3) is 0 Å². The molecule has 0 saturated carbocycles. The molecule has 0 aromatic carbocycles. The van der Waals surface area contributed by atoms with Crippen LogP contribution in [0.1, 0.15) is 49.3 Å². The highest BCUT2D eigenvalue weighted by Gasteiger charge is 2.28. The summed E-state index contributed by atoms with van der Waals surface area (Å²) >= 11 is 0. The third kappa shape index (κ3) is 3.07. The van der Waals surface area contributed by atoms with E-state index in [9.17, 15) is 4.79 Å². The average molecular weight is 278 g/mol. The lowest BCUT2D eigenvalue weighted by atomic mass is 10.1. The molecule has 2 N–H and O–H groups in total. The van der Waals surface area contributed by atoms with Crippen molar-refractivity contribution in [2.24, 2.45) is 0 Å². The van der Waals surface area contributed by atoms with Gasteiger partial charge in [-0.15, -0.1) is 0 Å². The Morgan fingerprint density at radius 3 is 2.95 bits per heavy atom. The first-order valence-corrected chi connectivity index (χ1v) is 7.06. The van der Waals surface area contributed by atoms with Crippen molar-refractivity contribution in [2.75, 3.05) is 25.5 Å². The number of amides is 1. The Hall–Kier alpha value is -1.69. The van der Waals surface area contributed by atoms with Gasteiger partial charge in [-0.25, -0.2) is 9.97 Å². The van der Waals surface area contributed by atoms with E-state index in [2.05, 4.69) is 9.97 Å². The monoisotopic (exact) mass is 278 g/mol. The van der Waals surface area contributed by atoms with Crippen LogP contribution in [0.2, 0.25) is 0 Å². The van der Waals surface area contributed by atoms with Gasteiger partial charge in [0, 0.05) is 12.2 Å². The smallest absolute Gasteiger partial charge is 0.273 e. The molecule has 0 radical (unpaired) electrons. The lowest BCUT2D eigenvalue weighted by Gasteiger charge is -2.34. The van der Waals surface area contributed by atoms with E-state index >= 15 is 0 Å². The Labute approximate surface area is 119 Å². The molecule has 0 spiro atoms. The summed E-state index contributed by atoms with van der Waals surface area (Å²) in [5, 5.41) is 0. The number of aromatic nitrogens is 2. The Morgan fingerprint density at radius 1 is 1.55 bits per heavy atom. The van der Waals surface area contributed by atoms with Crippen molar-refractivity contribution in [2.45, 2.75) is 39.2 Å². The first-order chi connectivity index (χ1) is 9.52. The summed E-state index contributed by atoms with van der Waals surface area (Å²) < 4.78 is 5.42. The highest BCUT2D eigenvalue weighted by Crippen LogP contribution is 2.18. The molecule has 1 aromatic rings. The molecule has 1 fully saturated rings. The molecule has 1 aromatic heterocycles. The third-order valence-corrected chi connectivity index (χ3v) is 3.53. The number of nitrogen functional groups attached to an aromatic ring is 1. The maximum atomic E-state index is 12.6. The standard InChI is InChI=1S/C14H22N4O2/c1-4-10-8-20-6-5-18(10)13(19)12-7-11(9(2)3)16-14(15)17-12/h7,9-10H,4-6,8H2,1-3H3,(H2,15,16,17)/t10-/m0/s1. The highest BCUT2D eigenvalue weighted by molar-refractivity contribution is 5.93. The van der Waals surface area contributed by atoms with E-state index in [0.29, 0.717) is 25.5 Å². The SMILES string of the molecule is CC[C@H]1COCCN1C(=O)c1cc(C(C)C)nc(N)n1. The molecule has 6 heteroatoms. The minimum atomic E-state index is -0.0869. The van der Waals surface area contributed by atoms with Crippen LogP contribution < -0.4 is 5.73 Å². The average Bonchev–Trinajstić information content (AvgIpc) is 2.45. The molecule has 2 rings (SSSR count). The number of hydrogen-bond acceptors (Lipinski definition) is 5. The maximum absolute atomic E-state index is 12.6. The molecule has 0 bridgehead atoms. The predicted molar refractivity (Wildman–Crippen MR) is 76.5 cm³/mol. The van der Waals surface area contributed by atoms with Gasteiger partial charge in [0.05, 0.1) is 19.3 Å². The fourth-order valence-corrected chi connectivity index (χ4v) is 2.30. The van der Waals surface area contributed by atoms with Gasteiger partial charge in [0.15, 0.2) is 0 Å². The zero-order chi connectivity index (χ0) is 14.7. The van der Waals surface area contributed by atoms with Crippen molar-refractivity contribution in [3.63, 3.8) is 0 Å². The van der Waals surface area contributed by atoms with Gasteiger partial charge in [-0.2, -0.15) is 0 Å². The first kappa shape index (κ1) is 14.7. The molecule has 2 heterocycles. The number of ether oxygens (including phenoxy) is 1. The fraction of sp³-hybridized carbons (Fsp3) is 0.643. The van der Waals surface area contributed by atoms with Crippen LogP contribution in [-0.4, -0.2) is 46.6 Å². The van der Waals surface area contributed by atoms with Gasteiger partial charge in [-0.05, 0) is 18.4 Å². The van der Waals surface area contributed by atoms with Crippen LogP contribution in [0.4, 0.5) is 5.95 Å². The van der Waals surface area contributed by atoms with E-state index in [1.165, 1.54) is 0 Å². The van der Waals surface area contributed by atoms with Crippen LogP contribution in [0.3, 0.4) is 0 Å².